The van der Waals surface area contributed by atoms with Gasteiger partial charge in [-0.15, -0.1) is 0 Å². The van der Waals surface area contributed by atoms with Gasteiger partial charge in [-0.3, -0.25) is 0 Å². The second-order valence-corrected chi connectivity index (χ2v) is 9.43. The quantitative estimate of drug-likeness (QED) is 0.735. The van der Waals surface area contributed by atoms with E-state index >= 15 is 0 Å². The number of hydrogen-bond acceptors (Lipinski definition) is 1. The molecule has 0 unspecified atom stereocenters. The molecule has 0 saturated heterocycles. The molecule has 0 N–H and O–H groups in total. The van der Waals surface area contributed by atoms with Crippen LogP contribution in [0.25, 0.3) is 10.9 Å². The number of rotatable bonds is 1. The summed E-state index contributed by atoms with van der Waals surface area (Å²) in [5.41, 5.74) is 2.17. The summed E-state index contributed by atoms with van der Waals surface area (Å²) >= 11 is -1.86. The molecule has 2 aromatic rings. The molecule has 2 rings (SSSR count). The van der Waals surface area contributed by atoms with Crippen molar-refractivity contribution in [1.29, 1.82) is 0 Å². The van der Waals surface area contributed by atoms with Crippen LogP contribution in [0.1, 0.15) is 5.56 Å². The van der Waals surface area contributed by atoms with Crippen molar-refractivity contribution in [2.75, 3.05) is 0 Å². The van der Waals surface area contributed by atoms with E-state index in [0.717, 1.165) is 20.8 Å². The van der Waals surface area contributed by atoms with E-state index in [2.05, 4.69) is 4.98 Å². The summed E-state index contributed by atoms with van der Waals surface area (Å²) in [6, 6.07) is 7.98. The normalized spacial score (nSPS) is 11.1. The molecule has 0 aliphatic heterocycles. The van der Waals surface area contributed by atoms with Crippen LogP contribution in [0.5, 0.6) is 0 Å². The van der Waals surface area contributed by atoms with Crippen molar-refractivity contribution < 1.29 is 0 Å². The molecule has 1 aromatic carbocycles. The zero-order valence-electron chi connectivity index (χ0n) is 7.54. The van der Waals surface area contributed by atoms with E-state index in [1.807, 2.05) is 31.2 Å². The fraction of sp³-hybridized carbons (Fsp3) is 0.100. The van der Waals surface area contributed by atoms with Gasteiger partial charge >= 0.3 is 95.9 Å². The van der Waals surface area contributed by atoms with Gasteiger partial charge in [0.15, 0.2) is 0 Å². The van der Waals surface area contributed by atoms with Crippen molar-refractivity contribution in [3.63, 3.8) is 0 Å². The SMILES string of the molecule is Cc1ccc([As](Cl)Cl)c2cccnc12. The Morgan fingerprint density at radius 1 is 1.21 bits per heavy atom. The van der Waals surface area contributed by atoms with Crippen molar-refractivity contribution >= 4 is 47.9 Å². The molecule has 0 atom stereocenters. The molecule has 14 heavy (non-hydrogen) atoms. The monoisotopic (exact) mass is 287 g/mol. The van der Waals surface area contributed by atoms with Gasteiger partial charge in [-0.25, -0.2) is 0 Å². The van der Waals surface area contributed by atoms with Gasteiger partial charge in [0.1, 0.15) is 0 Å². The number of nitrogens with zero attached hydrogens (tertiary/aromatic N) is 1. The molecule has 0 saturated carbocycles. The summed E-state index contributed by atoms with van der Waals surface area (Å²) in [5, 5.41) is 1.09. The number of benzene rings is 1. The second kappa shape index (κ2) is 4.10. The molecule has 1 heterocycles. The van der Waals surface area contributed by atoms with Gasteiger partial charge in [-0.05, 0) is 0 Å². The maximum absolute atomic E-state index is 6.02. The average Bonchev–Trinajstić information content (AvgIpc) is 2.18. The summed E-state index contributed by atoms with van der Waals surface area (Å²) in [6.45, 7) is 2.04. The molecular weight excluding hydrogens is 280 g/mol. The second-order valence-electron chi connectivity index (χ2n) is 3.03. The minimum atomic E-state index is -1.86. The molecule has 0 aliphatic carbocycles. The Kier molecular flexibility index (Phi) is 3.01. The van der Waals surface area contributed by atoms with Crippen molar-refractivity contribution in [2.24, 2.45) is 0 Å². The third-order valence-corrected chi connectivity index (χ3v) is 5.61. The molecule has 0 aliphatic rings. The van der Waals surface area contributed by atoms with Gasteiger partial charge in [0.25, 0.3) is 0 Å². The van der Waals surface area contributed by atoms with Crippen molar-refractivity contribution in [2.45, 2.75) is 6.92 Å². The maximum atomic E-state index is 6.02. The van der Waals surface area contributed by atoms with E-state index in [0.29, 0.717) is 0 Å². The van der Waals surface area contributed by atoms with E-state index in [9.17, 15) is 0 Å². The van der Waals surface area contributed by atoms with Crippen molar-refractivity contribution in [3.8, 4) is 0 Å². The van der Waals surface area contributed by atoms with Crippen LogP contribution in [0.15, 0.2) is 30.5 Å². The number of pyridine rings is 1. The van der Waals surface area contributed by atoms with Crippen LogP contribution >= 0.6 is 19.9 Å². The molecular formula is C10H8AsCl2N. The molecule has 0 radical (unpaired) electrons. The van der Waals surface area contributed by atoms with E-state index in [4.69, 9.17) is 19.9 Å². The first kappa shape index (κ1) is 10.3. The van der Waals surface area contributed by atoms with Gasteiger partial charge in [0.2, 0.25) is 0 Å². The van der Waals surface area contributed by atoms with Gasteiger partial charge in [0, 0.05) is 0 Å². The predicted octanol–water partition coefficient (Wildman–Crippen LogP) is 2.72. The fourth-order valence-electron chi connectivity index (χ4n) is 1.45. The molecule has 1 aromatic heterocycles. The molecule has 72 valence electrons. The number of aryl methyl sites for hydroxylation is 1. The zero-order chi connectivity index (χ0) is 10.1. The van der Waals surface area contributed by atoms with Crippen LogP contribution in [0.2, 0.25) is 0 Å². The summed E-state index contributed by atoms with van der Waals surface area (Å²) in [7, 11) is 12.0. The van der Waals surface area contributed by atoms with E-state index in [1.165, 1.54) is 0 Å². The third kappa shape index (κ3) is 1.77. The molecule has 0 bridgehead atoms. The van der Waals surface area contributed by atoms with Gasteiger partial charge in [-0.1, -0.05) is 0 Å². The van der Waals surface area contributed by atoms with Gasteiger partial charge in [-0.2, -0.15) is 0 Å². The van der Waals surface area contributed by atoms with Crippen LogP contribution in [0.4, 0.5) is 0 Å². The minimum absolute atomic E-state index is 1.01. The van der Waals surface area contributed by atoms with Crippen molar-refractivity contribution in [3.05, 3.63) is 36.0 Å². The first-order valence-corrected chi connectivity index (χ1v) is 10.0. The molecule has 0 fully saturated rings. The van der Waals surface area contributed by atoms with Crippen LogP contribution < -0.4 is 4.35 Å². The Balaban J connectivity index is 2.82. The summed E-state index contributed by atoms with van der Waals surface area (Å²) in [6.07, 6.45) is 1.79. The number of hydrogen-bond donors (Lipinski definition) is 0. The Hall–Kier alpha value is -0.232. The van der Waals surface area contributed by atoms with Crippen molar-refractivity contribution in [1.82, 2.24) is 4.98 Å². The molecule has 4 heteroatoms. The average molecular weight is 288 g/mol. The molecule has 0 spiro atoms. The number of aromatic nitrogens is 1. The Labute approximate surface area is 95.6 Å². The van der Waals surface area contributed by atoms with Crippen LogP contribution in [-0.4, -0.2) is 17.8 Å². The van der Waals surface area contributed by atoms with Crippen LogP contribution in [0, 0.1) is 6.92 Å². The third-order valence-electron chi connectivity index (χ3n) is 2.13. The predicted molar refractivity (Wildman–Crippen MR) is 63.6 cm³/mol. The summed E-state index contributed by atoms with van der Waals surface area (Å²) < 4.78 is 1.06. The Morgan fingerprint density at radius 2 is 2.00 bits per heavy atom. The topological polar surface area (TPSA) is 12.9 Å². The van der Waals surface area contributed by atoms with Gasteiger partial charge in [0.05, 0.1) is 0 Å². The van der Waals surface area contributed by atoms with Gasteiger partial charge < -0.3 is 0 Å². The van der Waals surface area contributed by atoms with E-state index in [-0.39, 0.29) is 0 Å². The number of fused-ring (bicyclic) bond motifs is 1. The van der Waals surface area contributed by atoms with Crippen LogP contribution in [0.3, 0.4) is 0 Å². The summed E-state index contributed by atoms with van der Waals surface area (Å²) in [4.78, 5) is 4.33. The zero-order valence-corrected chi connectivity index (χ0v) is 10.9. The first-order chi connectivity index (χ1) is 6.70. The van der Waals surface area contributed by atoms with Crippen LogP contribution in [-0.2, 0) is 0 Å². The fourth-order valence-corrected chi connectivity index (χ4v) is 4.13. The van der Waals surface area contributed by atoms with E-state index < -0.39 is 12.8 Å². The molecule has 1 nitrogen and oxygen atoms in total. The first-order valence-electron chi connectivity index (χ1n) is 4.16. The van der Waals surface area contributed by atoms with E-state index in [1.54, 1.807) is 6.20 Å². The molecule has 0 amide bonds. The standard InChI is InChI=1S/C10H8AsCl2N/c1-7-4-5-9(11(12)13)8-3-2-6-14-10(7)8/h2-6H,1H3. The summed E-state index contributed by atoms with van der Waals surface area (Å²) in [5.74, 6) is 0. The number of halogens is 2. The Morgan fingerprint density at radius 3 is 2.71 bits per heavy atom. The Bertz CT molecular complexity index is 471.